The summed E-state index contributed by atoms with van der Waals surface area (Å²) in [5.74, 6) is 1.24. The van der Waals surface area contributed by atoms with Crippen LogP contribution in [0, 0.1) is 5.92 Å². The molecule has 0 fully saturated rings. The monoisotopic (exact) mass is 404 g/mol. The summed E-state index contributed by atoms with van der Waals surface area (Å²) in [5.41, 5.74) is 1.99. The van der Waals surface area contributed by atoms with Gasteiger partial charge in [-0.2, -0.15) is 0 Å². The molecule has 1 N–H and O–H groups in total. The van der Waals surface area contributed by atoms with Gasteiger partial charge in [0.1, 0.15) is 5.75 Å². The van der Waals surface area contributed by atoms with Crippen LogP contribution < -0.4 is 0 Å². The molecule has 0 saturated carbocycles. The number of fused-ring (bicyclic) bond motifs is 1. The molecular formula is C22H28O3S2. The standard InChI is InChI=1S/C22H28O3S2/c1-3-5-9-16-12-18(17-10-7-6-8-11-17)19-13-21(26-4-2)20(23)14-22(19)27(24,25)15-16/h6-8,10-11,13-14,16,18,23H,3-5,9,12,15H2,1-2H3. The fraction of sp³-hybridized carbons (Fsp3) is 0.455. The van der Waals surface area contributed by atoms with E-state index in [1.807, 2.05) is 31.2 Å². The average Bonchev–Trinajstić information content (AvgIpc) is 2.76. The molecule has 1 aliphatic heterocycles. The fourth-order valence-corrected chi connectivity index (χ4v) is 6.68. The lowest BCUT2D eigenvalue weighted by Crippen LogP contribution is -2.15. The Balaban J connectivity index is 2.16. The highest BCUT2D eigenvalue weighted by Gasteiger charge is 2.34. The predicted octanol–water partition coefficient (Wildman–Crippen LogP) is 5.62. The number of phenols is 1. The van der Waals surface area contributed by atoms with Gasteiger partial charge in [0.05, 0.1) is 10.6 Å². The van der Waals surface area contributed by atoms with Crippen molar-refractivity contribution in [2.24, 2.45) is 5.92 Å². The maximum absolute atomic E-state index is 13.1. The van der Waals surface area contributed by atoms with Gasteiger partial charge in [-0.05, 0) is 47.8 Å². The van der Waals surface area contributed by atoms with Crippen molar-refractivity contribution in [1.82, 2.24) is 0 Å². The molecule has 3 nitrogen and oxygen atoms in total. The molecule has 1 heterocycles. The zero-order chi connectivity index (χ0) is 19.4. The Morgan fingerprint density at radius 2 is 1.89 bits per heavy atom. The number of thioether (sulfide) groups is 1. The van der Waals surface area contributed by atoms with Crippen LogP contribution in [0.1, 0.15) is 56.6 Å². The maximum Gasteiger partial charge on any atom is 0.179 e. The molecule has 0 radical (unpaired) electrons. The molecule has 27 heavy (non-hydrogen) atoms. The molecular weight excluding hydrogens is 376 g/mol. The van der Waals surface area contributed by atoms with Gasteiger partial charge in [-0.3, -0.25) is 0 Å². The second-order valence-corrected chi connectivity index (χ2v) is 10.6. The third-order valence-electron chi connectivity index (χ3n) is 5.29. The Labute approximate surface area is 167 Å². The molecule has 2 aromatic carbocycles. The number of benzene rings is 2. The molecule has 0 spiro atoms. The van der Waals surface area contributed by atoms with Gasteiger partial charge in [-0.15, -0.1) is 11.8 Å². The van der Waals surface area contributed by atoms with Gasteiger partial charge in [0.25, 0.3) is 0 Å². The fourth-order valence-electron chi connectivity index (χ4n) is 4.00. The number of hydrogen-bond donors (Lipinski definition) is 1. The van der Waals surface area contributed by atoms with Crippen molar-refractivity contribution in [2.75, 3.05) is 11.5 Å². The van der Waals surface area contributed by atoms with E-state index in [1.54, 1.807) is 11.8 Å². The summed E-state index contributed by atoms with van der Waals surface area (Å²) < 4.78 is 26.3. The van der Waals surface area contributed by atoms with Gasteiger partial charge in [-0.1, -0.05) is 57.0 Å². The van der Waals surface area contributed by atoms with E-state index >= 15 is 0 Å². The lowest BCUT2D eigenvalue weighted by Gasteiger charge is -2.22. The van der Waals surface area contributed by atoms with Crippen LogP contribution in [0.4, 0.5) is 0 Å². The number of unbranched alkanes of at least 4 members (excludes halogenated alkanes) is 1. The normalized spacial score (nSPS) is 21.4. The van der Waals surface area contributed by atoms with E-state index in [9.17, 15) is 13.5 Å². The Kier molecular flexibility index (Phi) is 6.53. The first kappa shape index (κ1) is 20.3. The number of rotatable bonds is 6. The van der Waals surface area contributed by atoms with Gasteiger partial charge >= 0.3 is 0 Å². The molecule has 1 aliphatic rings. The number of sulfone groups is 1. The first-order valence-corrected chi connectivity index (χ1v) is 12.4. The van der Waals surface area contributed by atoms with Gasteiger partial charge in [0, 0.05) is 10.8 Å². The smallest absolute Gasteiger partial charge is 0.179 e. The minimum absolute atomic E-state index is 0.0390. The molecule has 0 bridgehead atoms. The summed E-state index contributed by atoms with van der Waals surface area (Å²) in [4.78, 5) is 1.08. The summed E-state index contributed by atoms with van der Waals surface area (Å²) in [6, 6.07) is 13.6. The second-order valence-electron chi connectivity index (χ2n) is 7.28. The van der Waals surface area contributed by atoms with Crippen LogP contribution in [-0.2, 0) is 9.84 Å². The molecule has 5 heteroatoms. The minimum atomic E-state index is -3.42. The highest BCUT2D eigenvalue weighted by Crippen LogP contribution is 2.44. The molecule has 2 aromatic rings. The lowest BCUT2D eigenvalue weighted by molar-refractivity contribution is 0.449. The molecule has 0 aromatic heterocycles. The average molecular weight is 405 g/mol. The zero-order valence-electron chi connectivity index (χ0n) is 16.0. The van der Waals surface area contributed by atoms with E-state index in [0.717, 1.165) is 47.5 Å². The Bertz CT molecular complexity index is 876. The molecule has 3 rings (SSSR count). The van der Waals surface area contributed by atoms with Crippen molar-refractivity contribution in [2.45, 2.75) is 55.2 Å². The van der Waals surface area contributed by atoms with Gasteiger partial charge < -0.3 is 5.11 Å². The largest absolute Gasteiger partial charge is 0.507 e. The molecule has 146 valence electrons. The first-order valence-electron chi connectivity index (χ1n) is 9.73. The van der Waals surface area contributed by atoms with E-state index in [0.29, 0.717) is 4.90 Å². The minimum Gasteiger partial charge on any atom is -0.507 e. The lowest BCUT2D eigenvalue weighted by atomic mass is 9.82. The van der Waals surface area contributed by atoms with E-state index in [1.165, 1.54) is 6.07 Å². The van der Waals surface area contributed by atoms with Crippen LogP contribution in [0.3, 0.4) is 0 Å². The van der Waals surface area contributed by atoms with Gasteiger partial charge in [0.15, 0.2) is 9.84 Å². The number of hydrogen-bond acceptors (Lipinski definition) is 4. The van der Waals surface area contributed by atoms with Crippen molar-refractivity contribution in [3.63, 3.8) is 0 Å². The van der Waals surface area contributed by atoms with E-state index in [-0.39, 0.29) is 23.3 Å². The van der Waals surface area contributed by atoms with Crippen LogP contribution in [0.15, 0.2) is 52.3 Å². The second kappa shape index (κ2) is 8.70. The third-order valence-corrected chi connectivity index (χ3v) is 8.15. The molecule has 0 amide bonds. The maximum atomic E-state index is 13.1. The van der Waals surface area contributed by atoms with E-state index in [4.69, 9.17) is 0 Å². The van der Waals surface area contributed by atoms with Crippen LogP contribution in [0.5, 0.6) is 5.75 Å². The summed E-state index contributed by atoms with van der Waals surface area (Å²) in [7, 11) is -3.42. The Morgan fingerprint density at radius 3 is 2.56 bits per heavy atom. The van der Waals surface area contributed by atoms with E-state index in [2.05, 4.69) is 19.1 Å². The van der Waals surface area contributed by atoms with Crippen molar-refractivity contribution < 1.29 is 13.5 Å². The molecule has 0 saturated heterocycles. The summed E-state index contributed by atoms with van der Waals surface area (Å²) in [6.07, 6.45) is 3.87. The van der Waals surface area contributed by atoms with Crippen LogP contribution in [-0.4, -0.2) is 25.0 Å². The molecule has 2 atom stereocenters. The summed E-state index contributed by atoms with van der Waals surface area (Å²) in [6.45, 7) is 4.17. The summed E-state index contributed by atoms with van der Waals surface area (Å²) >= 11 is 1.55. The zero-order valence-corrected chi connectivity index (χ0v) is 17.7. The van der Waals surface area contributed by atoms with Crippen LogP contribution in [0.25, 0.3) is 0 Å². The number of phenolic OH excluding ortho intramolecular Hbond substituents is 1. The van der Waals surface area contributed by atoms with Crippen molar-refractivity contribution >= 4 is 21.6 Å². The SMILES string of the molecule is CCCCC1CC(c2ccccc2)c2cc(SCC)c(O)cc2S(=O)(=O)C1. The summed E-state index contributed by atoms with van der Waals surface area (Å²) in [5, 5.41) is 10.4. The molecule has 0 aliphatic carbocycles. The quantitative estimate of drug-likeness (QED) is 0.635. The Morgan fingerprint density at radius 1 is 1.15 bits per heavy atom. The van der Waals surface area contributed by atoms with Crippen LogP contribution in [0.2, 0.25) is 0 Å². The predicted molar refractivity (Wildman–Crippen MR) is 112 cm³/mol. The highest BCUT2D eigenvalue weighted by atomic mass is 32.2. The van der Waals surface area contributed by atoms with Crippen molar-refractivity contribution in [3.05, 3.63) is 53.6 Å². The topological polar surface area (TPSA) is 54.4 Å². The van der Waals surface area contributed by atoms with Crippen molar-refractivity contribution in [3.8, 4) is 5.75 Å². The first-order chi connectivity index (χ1) is 13.0. The Hall–Kier alpha value is -1.46. The highest BCUT2D eigenvalue weighted by molar-refractivity contribution is 7.99. The van der Waals surface area contributed by atoms with E-state index < -0.39 is 9.84 Å². The molecule has 2 unspecified atom stereocenters. The van der Waals surface area contributed by atoms with Crippen LogP contribution >= 0.6 is 11.8 Å². The van der Waals surface area contributed by atoms with Gasteiger partial charge in [-0.25, -0.2) is 8.42 Å². The van der Waals surface area contributed by atoms with Gasteiger partial charge in [0.2, 0.25) is 0 Å². The van der Waals surface area contributed by atoms with Crippen molar-refractivity contribution in [1.29, 1.82) is 0 Å². The third kappa shape index (κ3) is 4.52. The number of aromatic hydroxyl groups is 1.